The fraction of sp³-hybridized carbons (Fsp3) is 0.750. The van der Waals surface area contributed by atoms with Gasteiger partial charge in [-0.1, -0.05) is 33.8 Å². The van der Waals surface area contributed by atoms with Crippen LogP contribution in [0.3, 0.4) is 0 Å². The van der Waals surface area contributed by atoms with Crippen LogP contribution in [0.2, 0.25) is 0 Å². The normalized spacial score (nSPS) is 42.8. The van der Waals surface area contributed by atoms with Crippen molar-refractivity contribution in [1.29, 1.82) is 0 Å². The predicted molar refractivity (Wildman–Crippen MR) is 126 cm³/mol. The van der Waals surface area contributed by atoms with Crippen molar-refractivity contribution in [3.05, 3.63) is 35.7 Å². The van der Waals surface area contributed by atoms with E-state index >= 15 is 0 Å². The summed E-state index contributed by atoms with van der Waals surface area (Å²) in [5.74, 6) is 4.87. The second-order valence-corrected chi connectivity index (χ2v) is 11.6. The lowest BCUT2D eigenvalue weighted by atomic mass is 9.42. The monoisotopic (exact) mass is 445 g/mol. The van der Waals surface area contributed by atoms with Gasteiger partial charge in [-0.15, -0.1) is 0 Å². The van der Waals surface area contributed by atoms with Gasteiger partial charge in [-0.25, -0.2) is 8.78 Å². The fourth-order valence-electron chi connectivity index (χ4n) is 8.66. The molecular formula is C28H41F2NO. The summed E-state index contributed by atoms with van der Waals surface area (Å²) in [6.07, 6.45) is 12.2. The lowest BCUT2D eigenvalue weighted by molar-refractivity contribution is -0.122. The van der Waals surface area contributed by atoms with Gasteiger partial charge >= 0.3 is 0 Å². The van der Waals surface area contributed by atoms with E-state index in [1.54, 1.807) is 12.3 Å². The Hall–Kier alpha value is -1.29. The number of rotatable bonds is 2. The lowest BCUT2D eigenvalue weighted by Crippen LogP contribution is -2.54. The van der Waals surface area contributed by atoms with Crippen LogP contribution in [-0.2, 0) is 0 Å². The van der Waals surface area contributed by atoms with E-state index in [2.05, 4.69) is 38.8 Å². The molecular weight excluding hydrogens is 404 g/mol. The summed E-state index contributed by atoms with van der Waals surface area (Å²) in [5.41, 5.74) is 2.87. The fourth-order valence-corrected chi connectivity index (χ4v) is 8.66. The quantitative estimate of drug-likeness (QED) is 0.510. The van der Waals surface area contributed by atoms with E-state index in [0.717, 1.165) is 48.7 Å². The SMILES string of the molecule is CC1CCC2(C)C(CCC3C4CC=C(c5cncc(C(F)F)c5)C4(C)CCC32)C1C.CO. The minimum atomic E-state index is -2.45. The Morgan fingerprint density at radius 3 is 2.44 bits per heavy atom. The Labute approximate surface area is 192 Å². The van der Waals surface area contributed by atoms with Crippen molar-refractivity contribution in [3.63, 3.8) is 0 Å². The van der Waals surface area contributed by atoms with E-state index in [1.165, 1.54) is 50.3 Å². The molecule has 4 aliphatic rings. The highest BCUT2D eigenvalue weighted by molar-refractivity contribution is 5.72. The molecule has 1 aromatic rings. The van der Waals surface area contributed by atoms with Gasteiger partial charge in [0.2, 0.25) is 0 Å². The summed E-state index contributed by atoms with van der Waals surface area (Å²) in [7, 11) is 1.00. The van der Waals surface area contributed by atoms with Gasteiger partial charge < -0.3 is 5.11 Å². The molecule has 0 amide bonds. The van der Waals surface area contributed by atoms with Crippen LogP contribution in [0, 0.1) is 46.3 Å². The summed E-state index contributed by atoms with van der Waals surface area (Å²) in [6.45, 7) is 10.0. The highest BCUT2D eigenvalue weighted by atomic mass is 19.3. The Morgan fingerprint density at radius 2 is 1.72 bits per heavy atom. The first-order valence-corrected chi connectivity index (χ1v) is 12.6. The molecule has 0 saturated heterocycles. The molecule has 0 aromatic carbocycles. The van der Waals surface area contributed by atoms with E-state index in [0.29, 0.717) is 11.3 Å². The highest BCUT2D eigenvalue weighted by Crippen LogP contribution is 2.68. The molecule has 3 saturated carbocycles. The number of aliphatic hydroxyl groups excluding tert-OH is 1. The van der Waals surface area contributed by atoms with Gasteiger partial charge in [-0.05, 0) is 108 Å². The first-order chi connectivity index (χ1) is 15.3. The van der Waals surface area contributed by atoms with E-state index in [1.807, 2.05) is 0 Å². The van der Waals surface area contributed by atoms with Crippen molar-refractivity contribution in [2.45, 2.75) is 79.1 Å². The molecule has 1 aromatic heterocycles. The standard InChI is InChI=1S/C27H37F2N.CH4O/c1-16-9-11-26(3)21(17(16)2)6-5-20-23-8-7-22(27(23,4)12-10-24(20)26)18-13-19(25(28)29)15-30-14-18;1-2/h7,13-17,20-21,23-25H,5-6,8-12H2,1-4H3;2H,1H3. The molecule has 0 aliphatic heterocycles. The van der Waals surface area contributed by atoms with Gasteiger partial charge in [-0.2, -0.15) is 0 Å². The second kappa shape index (κ2) is 8.81. The smallest absolute Gasteiger partial charge is 0.265 e. The molecule has 1 N–H and O–H groups in total. The van der Waals surface area contributed by atoms with Crippen LogP contribution >= 0.6 is 0 Å². The Morgan fingerprint density at radius 1 is 0.969 bits per heavy atom. The summed E-state index contributed by atoms with van der Waals surface area (Å²) in [5, 5.41) is 7.00. The van der Waals surface area contributed by atoms with Gasteiger partial charge in [0, 0.05) is 25.1 Å². The number of halogens is 2. The van der Waals surface area contributed by atoms with Crippen LogP contribution in [0.25, 0.3) is 5.57 Å². The average molecular weight is 446 g/mol. The lowest BCUT2D eigenvalue weighted by Gasteiger charge is -2.62. The van der Waals surface area contributed by atoms with Crippen LogP contribution in [-0.4, -0.2) is 17.2 Å². The van der Waals surface area contributed by atoms with Gasteiger partial charge in [0.1, 0.15) is 0 Å². The Kier molecular flexibility index (Phi) is 6.57. The molecule has 4 aliphatic carbocycles. The van der Waals surface area contributed by atoms with Gasteiger partial charge in [-0.3, -0.25) is 4.98 Å². The summed E-state index contributed by atoms with van der Waals surface area (Å²) in [4.78, 5) is 4.16. The second-order valence-electron chi connectivity index (χ2n) is 11.6. The number of pyridine rings is 1. The number of fused-ring (bicyclic) bond motifs is 5. The number of nitrogens with zero attached hydrogens (tertiary/aromatic N) is 1. The maximum atomic E-state index is 13.3. The van der Waals surface area contributed by atoms with Gasteiger partial charge in [0.25, 0.3) is 6.43 Å². The van der Waals surface area contributed by atoms with Crippen molar-refractivity contribution in [3.8, 4) is 0 Å². The molecule has 178 valence electrons. The molecule has 0 bridgehead atoms. The molecule has 0 spiro atoms. The third-order valence-electron chi connectivity index (χ3n) is 10.5. The van der Waals surface area contributed by atoms with Crippen LogP contribution < -0.4 is 0 Å². The highest BCUT2D eigenvalue weighted by Gasteiger charge is 2.59. The van der Waals surface area contributed by atoms with Crippen molar-refractivity contribution >= 4 is 5.57 Å². The van der Waals surface area contributed by atoms with E-state index < -0.39 is 6.43 Å². The molecule has 0 radical (unpaired) electrons. The van der Waals surface area contributed by atoms with E-state index in [-0.39, 0.29) is 11.0 Å². The predicted octanol–water partition coefficient (Wildman–Crippen LogP) is 7.55. The van der Waals surface area contributed by atoms with Gasteiger partial charge in [0.05, 0.1) is 0 Å². The number of alkyl halides is 2. The van der Waals surface area contributed by atoms with Crippen LogP contribution in [0.4, 0.5) is 8.78 Å². The van der Waals surface area contributed by atoms with E-state index in [4.69, 9.17) is 5.11 Å². The van der Waals surface area contributed by atoms with E-state index in [9.17, 15) is 8.78 Å². The molecule has 2 nitrogen and oxygen atoms in total. The van der Waals surface area contributed by atoms with Crippen LogP contribution in [0.5, 0.6) is 0 Å². The van der Waals surface area contributed by atoms with Crippen molar-refractivity contribution in [1.82, 2.24) is 4.98 Å². The first kappa shape index (κ1) is 23.9. The molecule has 8 atom stereocenters. The third kappa shape index (κ3) is 3.56. The molecule has 4 heteroatoms. The maximum absolute atomic E-state index is 13.3. The number of hydrogen-bond acceptors (Lipinski definition) is 2. The zero-order valence-electron chi connectivity index (χ0n) is 20.5. The molecule has 8 unspecified atom stereocenters. The topological polar surface area (TPSA) is 33.1 Å². The average Bonchev–Trinajstić information content (AvgIpc) is 3.15. The summed E-state index contributed by atoms with van der Waals surface area (Å²) in [6, 6.07) is 1.69. The van der Waals surface area contributed by atoms with Gasteiger partial charge in [0.15, 0.2) is 0 Å². The van der Waals surface area contributed by atoms with Crippen LogP contribution in [0.1, 0.15) is 90.2 Å². The zero-order valence-corrected chi connectivity index (χ0v) is 20.5. The van der Waals surface area contributed by atoms with Crippen LogP contribution in [0.15, 0.2) is 24.5 Å². The molecule has 3 fully saturated rings. The third-order valence-corrected chi connectivity index (χ3v) is 10.5. The van der Waals surface area contributed by atoms with Crippen molar-refractivity contribution < 1.29 is 13.9 Å². The summed E-state index contributed by atoms with van der Waals surface area (Å²) < 4.78 is 26.6. The molecule has 32 heavy (non-hydrogen) atoms. The number of aliphatic hydroxyl groups is 1. The number of allylic oxidation sites excluding steroid dienone is 2. The molecule has 5 rings (SSSR count). The van der Waals surface area contributed by atoms with Crippen molar-refractivity contribution in [2.24, 2.45) is 46.3 Å². The zero-order chi connectivity index (χ0) is 23.3. The Balaban J connectivity index is 0.00000119. The maximum Gasteiger partial charge on any atom is 0.265 e. The molecule has 1 heterocycles. The minimum Gasteiger partial charge on any atom is -0.400 e. The number of hydrogen-bond donors (Lipinski definition) is 1. The minimum absolute atomic E-state index is 0.0486. The Bertz CT molecular complexity index is 854. The summed E-state index contributed by atoms with van der Waals surface area (Å²) >= 11 is 0. The first-order valence-electron chi connectivity index (χ1n) is 12.6. The van der Waals surface area contributed by atoms with Crippen molar-refractivity contribution in [2.75, 3.05) is 7.11 Å². The largest absolute Gasteiger partial charge is 0.400 e. The number of aromatic nitrogens is 1.